The number of anilines is 4. The third-order valence-corrected chi connectivity index (χ3v) is 7.34. The van der Waals surface area contributed by atoms with Gasteiger partial charge in [0.15, 0.2) is 0 Å². The topological polar surface area (TPSA) is 122 Å². The highest BCUT2D eigenvalue weighted by Crippen LogP contribution is 2.40. The molecule has 5 aromatic rings. The third kappa shape index (κ3) is 4.59. The molecule has 9 nitrogen and oxygen atoms in total. The van der Waals surface area contributed by atoms with Crippen LogP contribution in [-0.2, 0) is 15.0 Å². The van der Waals surface area contributed by atoms with Gasteiger partial charge in [-0.25, -0.2) is 19.9 Å². The van der Waals surface area contributed by atoms with Crippen molar-refractivity contribution in [1.82, 2.24) is 19.9 Å². The summed E-state index contributed by atoms with van der Waals surface area (Å²) in [5, 5.41) is 10.9. The number of nitrogens with zero attached hydrogens (tertiary/aromatic N) is 4. The van der Waals surface area contributed by atoms with E-state index in [9.17, 15) is 9.59 Å². The van der Waals surface area contributed by atoms with Gasteiger partial charge in [0.1, 0.15) is 12.1 Å². The van der Waals surface area contributed by atoms with Crippen LogP contribution in [0.4, 0.5) is 23.1 Å². The van der Waals surface area contributed by atoms with E-state index in [1.807, 2.05) is 36.4 Å². The first kappa shape index (κ1) is 25.4. The molecule has 0 saturated heterocycles. The summed E-state index contributed by atoms with van der Waals surface area (Å²) in [6, 6.07) is 16.1. The van der Waals surface area contributed by atoms with Gasteiger partial charge in [0.05, 0.1) is 11.0 Å². The molecular weight excluding hydrogens is 502 g/mol. The van der Waals surface area contributed by atoms with Crippen LogP contribution in [0, 0.1) is 6.92 Å². The fourth-order valence-corrected chi connectivity index (χ4v) is 5.30. The summed E-state index contributed by atoms with van der Waals surface area (Å²) in [7, 11) is 0. The molecule has 2 amide bonds. The molecule has 0 radical (unpaired) electrons. The molecule has 3 heterocycles. The SMILES string of the molecule is CCC(=O)Nc1ncc2cc(-c3c(C)ccc4c(Nc5ccc6c(c5)NC(=O)CC6(C)C)ncnc34)ccc2n1. The minimum atomic E-state index is -0.222. The average molecular weight is 532 g/mol. The minimum absolute atomic E-state index is 0.0185. The molecule has 1 aliphatic rings. The van der Waals surface area contributed by atoms with Gasteiger partial charge >= 0.3 is 0 Å². The number of hydrogen-bond acceptors (Lipinski definition) is 7. The molecule has 3 N–H and O–H groups in total. The first-order chi connectivity index (χ1) is 19.2. The highest BCUT2D eigenvalue weighted by atomic mass is 16.2. The lowest BCUT2D eigenvalue weighted by atomic mass is 9.78. The van der Waals surface area contributed by atoms with Gasteiger partial charge in [0, 0.05) is 52.2 Å². The molecule has 0 spiro atoms. The Morgan fingerprint density at radius 2 is 1.90 bits per heavy atom. The van der Waals surface area contributed by atoms with Crippen molar-refractivity contribution in [3.05, 3.63) is 72.2 Å². The van der Waals surface area contributed by atoms with Gasteiger partial charge in [-0.15, -0.1) is 0 Å². The number of amides is 2. The summed E-state index contributed by atoms with van der Waals surface area (Å²) in [5.74, 6) is 0.857. The van der Waals surface area contributed by atoms with Gasteiger partial charge in [0.2, 0.25) is 17.8 Å². The molecular formula is C31H29N7O2. The van der Waals surface area contributed by atoms with Crippen molar-refractivity contribution in [2.24, 2.45) is 0 Å². The van der Waals surface area contributed by atoms with E-state index in [0.29, 0.717) is 24.6 Å². The van der Waals surface area contributed by atoms with Gasteiger partial charge in [-0.1, -0.05) is 39.0 Å². The van der Waals surface area contributed by atoms with Crippen molar-refractivity contribution in [3.8, 4) is 11.1 Å². The van der Waals surface area contributed by atoms with E-state index in [0.717, 1.165) is 55.4 Å². The normalized spacial score (nSPS) is 14.1. The van der Waals surface area contributed by atoms with E-state index in [2.05, 4.69) is 68.8 Å². The molecule has 2 aromatic heterocycles. The highest BCUT2D eigenvalue weighted by Gasteiger charge is 2.31. The average Bonchev–Trinajstić information content (AvgIpc) is 2.92. The molecule has 40 heavy (non-hydrogen) atoms. The Morgan fingerprint density at radius 1 is 1.05 bits per heavy atom. The van der Waals surface area contributed by atoms with Gasteiger partial charge < -0.3 is 10.6 Å². The first-order valence-electron chi connectivity index (χ1n) is 13.2. The number of hydrogen-bond donors (Lipinski definition) is 3. The number of aryl methyl sites for hydroxylation is 1. The van der Waals surface area contributed by atoms with Gasteiger partial charge in [-0.2, -0.15) is 0 Å². The van der Waals surface area contributed by atoms with Crippen molar-refractivity contribution in [2.75, 3.05) is 16.0 Å². The zero-order valence-corrected chi connectivity index (χ0v) is 22.8. The van der Waals surface area contributed by atoms with E-state index < -0.39 is 0 Å². The van der Waals surface area contributed by atoms with Crippen LogP contribution in [0.3, 0.4) is 0 Å². The lowest BCUT2D eigenvalue weighted by Crippen LogP contribution is -2.32. The van der Waals surface area contributed by atoms with Crippen LogP contribution in [-0.4, -0.2) is 31.8 Å². The molecule has 1 aliphatic heterocycles. The molecule has 0 fully saturated rings. The summed E-state index contributed by atoms with van der Waals surface area (Å²) >= 11 is 0. The molecule has 0 saturated carbocycles. The second-order valence-corrected chi connectivity index (χ2v) is 10.7. The zero-order chi connectivity index (χ0) is 28.0. The number of aromatic nitrogens is 4. The Hall–Kier alpha value is -4.92. The Balaban J connectivity index is 1.38. The minimum Gasteiger partial charge on any atom is -0.340 e. The first-order valence-corrected chi connectivity index (χ1v) is 13.2. The summed E-state index contributed by atoms with van der Waals surface area (Å²) in [5.41, 5.74) is 7.14. The number of benzene rings is 3. The highest BCUT2D eigenvalue weighted by molar-refractivity contribution is 6.03. The van der Waals surface area contributed by atoms with Gasteiger partial charge in [-0.05, 0) is 53.9 Å². The predicted molar refractivity (Wildman–Crippen MR) is 158 cm³/mol. The van der Waals surface area contributed by atoms with Crippen LogP contribution in [0.1, 0.15) is 44.7 Å². The molecule has 0 unspecified atom stereocenters. The summed E-state index contributed by atoms with van der Waals surface area (Å²) in [4.78, 5) is 42.0. The second-order valence-electron chi connectivity index (χ2n) is 10.7. The quantitative estimate of drug-likeness (QED) is 0.245. The lowest BCUT2D eigenvalue weighted by Gasteiger charge is -2.32. The van der Waals surface area contributed by atoms with Crippen LogP contribution in [0.15, 0.2) is 61.1 Å². The van der Waals surface area contributed by atoms with E-state index in [1.54, 1.807) is 19.4 Å². The van der Waals surface area contributed by atoms with Crippen LogP contribution in [0.25, 0.3) is 32.9 Å². The second kappa shape index (κ2) is 9.68. The Kier molecular flexibility index (Phi) is 6.14. The number of carbonyl (C=O) groups is 2. The zero-order valence-electron chi connectivity index (χ0n) is 22.8. The van der Waals surface area contributed by atoms with Crippen LogP contribution in [0.5, 0.6) is 0 Å². The molecule has 0 aliphatic carbocycles. The van der Waals surface area contributed by atoms with Crippen molar-refractivity contribution in [1.29, 1.82) is 0 Å². The van der Waals surface area contributed by atoms with Crippen molar-refractivity contribution in [3.63, 3.8) is 0 Å². The van der Waals surface area contributed by atoms with Crippen LogP contribution >= 0.6 is 0 Å². The monoisotopic (exact) mass is 531 g/mol. The number of carbonyl (C=O) groups excluding carboxylic acids is 2. The predicted octanol–water partition coefficient (Wildman–Crippen LogP) is 6.26. The van der Waals surface area contributed by atoms with Gasteiger partial charge in [-0.3, -0.25) is 14.9 Å². The lowest BCUT2D eigenvalue weighted by molar-refractivity contribution is -0.117. The van der Waals surface area contributed by atoms with Crippen LogP contribution in [0.2, 0.25) is 0 Å². The van der Waals surface area contributed by atoms with Crippen LogP contribution < -0.4 is 16.0 Å². The fraction of sp³-hybridized carbons (Fsp3) is 0.226. The van der Waals surface area contributed by atoms with E-state index in [-0.39, 0.29) is 17.2 Å². The molecule has 200 valence electrons. The maximum absolute atomic E-state index is 12.3. The van der Waals surface area contributed by atoms with Crippen molar-refractivity contribution in [2.45, 2.75) is 46.0 Å². The van der Waals surface area contributed by atoms with Crippen molar-refractivity contribution < 1.29 is 9.59 Å². The largest absolute Gasteiger partial charge is 0.340 e. The standard InChI is InChI=1S/C31H29N7O2/c1-5-25(39)38-30-32-15-19-12-18(7-11-23(19)37-30)27-17(2)6-9-21-28(27)33-16-34-29(21)35-20-8-10-22-24(13-20)36-26(40)14-31(22,3)4/h6-13,15-16H,5,14H2,1-4H3,(H,36,40)(H,33,34,35)(H,32,37,38,39). The number of nitrogens with one attached hydrogen (secondary N) is 3. The molecule has 9 heteroatoms. The van der Waals surface area contributed by atoms with E-state index in [1.165, 1.54) is 0 Å². The Labute approximate surface area is 231 Å². The maximum atomic E-state index is 12.3. The number of fused-ring (bicyclic) bond motifs is 3. The smallest absolute Gasteiger partial charge is 0.229 e. The van der Waals surface area contributed by atoms with E-state index >= 15 is 0 Å². The summed E-state index contributed by atoms with van der Waals surface area (Å²) in [6.07, 6.45) is 4.10. The Bertz CT molecular complexity index is 1830. The fourth-order valence-electron chi connectivity index (χ4n) is 5.30. The molecule has 0 atom stereocenters. The maximum Gasteiger partial charge on any atom is 0.229 e. The van der Waals surface area contributed by atoms with Crippen molar-refractivity contribution >= 4 is 56.8 Å². The summed E-state index contributed by atoms with van der Waals surface area (Å²) < 4.78 is 0. The summed E-state index contributed by atoms with van der Waals surface area (Å²) in [6.45, 7) is 8.01. The molecule has 0 bridgehead atoms. The third-order valence-electron chi connectivity index (χ3n) is 7.34. The number of rotatable bonds is 5. The van der Waals surface area contributed by atoms with E-state index in [4.69, 9.17) is 0 Å². The molecule has 6 rings (SSSR count). The molecule has 3 aromatic carbocycles. The Morgan fingerprint density at radius 3 is 2.73 bits per heavy atom. The van der Waals surface area contributed by atoms with Gasteiger partial charge in [0.25, 0.3) is 0 Å².